The molecule has 1 fully saturated rings. The van der Waals surface area contributed by atoms with Gasteiger partial charge in [0.15, 0.2) is 0 Å². The summed E-state index contributed by atoms with van der Waals surface area (Å²) in [7, 11) is 0. The Morgan fingerprint density at radius 2 is 2.17 bits per heavy atom. The van der Waals surface area contributed by atoms with Crippen LogP contribution in [-0.2, 0) is 6.54 Å². The first-order valence-electron chi connectivity index (χ1n) is 7.21. The van der Waals surface area contributed by atoms with E-state index in [9.17, 15) is 0 Å². The van der Waals surface area contributed by atoms with E-state index in [1.54, 1.807) is 0 Å². The third kappa shape index (κ3) is 4.30. The Morgan fingerprint density at radius 3 is 2.94 bits per heavy atom. The number of ether oxygens (including phenoxy) is 1. The highest BCUT2D eigenvalue weighted by atomic mass is 16.5. The average Bonchev–Trinajstić information content (AvgIpc) is 2.41. The lowest BCUT2D eigenvalue weighted by Gasteiger charge is -2.23. The van der Waals surface area contributed by atoms with Gasteiger partial charge < -0.3 is 10.1 Å². The molecule has 1 saturated carbocycles. The van der Waals surface area contributed by atoms with E-state index < -0.39 is 0 Å². The Bertz CT molecular complexity index is 348. The van der Waals surface area contributed by atoms with E-state index >= 15 is 0 Å². The minimum atomic E-state index is 0.414. The first-order valence-corrected chi connectivity index (χ1v) is 7.21. The topological polar surface area (TPSA) is 34.1 Å². The molecule has 0 aliphatic heterocycles. The number of rotatable bonds is 6. The van der Waals surface area contributed by atoms with Crippen LogP contribution in [0.15, 0.2) is 18.3 Å². The summed E-state index contributed by atoms with van der Waals surface area (Å²) in [5, 5.41) is 3.36. The first-order chi connectivity index (χ1) is 8.88. The van der Waals surface area contributed by atoms with Crippen LogP contribution < -0.4 is 10.1 Å². The Kier molecular flexibility index (Phi) is 5.46. The molecule has 18 heavy (non-hydrogen) atoms. The van der Waals surface area contributed by atoms with Crippen molar-refractivity contribution in [1.82, 2.24) is 10.3 Å². The highest BCUT2D eigenvalue weighted by Gasteiger charge is 2.14. The second-order valence-electron chi connectivity index (χ2n) is 5.04. The maximum absolute atomic E-state index is 6.03. The predicted molar refractivity (Wildman–Crippen MR) is 73.7 cm³/mol. The van der Waals surface area contributed by atoms with Gasteiger partial charge in [0.1, 0.15) is 5.75 Å². The standard InChI is InChI=1S/C15H24N2O/c1-2-9-16-12-13-11-15(8-10-17-13)18-14-6-4-3-5-7-14/h8,10-11,14,16H,2-7,9,12H2,1H3. The number of hydrogen-bond donors (Lipinski definition) is 1. The second-order valence-corrected chi connectivity index (χ2v) is 5.04. The summed E-state index contributed by atoms with van der Waals surface area (Å²) in [6.07, 6.45) is 9.79. The zero-order valence-corrected chi connectivity index (χ0v) is 11.3. The van der Waals surface area contributed by atoms with Crippen molar-refractivity contribution < 1.29 is 4.74 Å². The van der Waals surface area contributed by atoms with Crippen LogP contribution in [0.2, 0.25) is 0 Å². The molecular formula is C15H24N2O. The quantitative estimate of drug-likeness (QED) is 0.784. The molecule has 3 nitrogen and oxygen atoms in total. The summed E-state index contributed by atoms with van der Waals surface area (Å²) in [6, 6.07) is 4.04. The van der Waals surface area contributed by atoms with Crippen LogP contribution in [0.3, 0.4) is 0 Å². The third-order valence-corrected chi connectivity index (χ3v) is 3.38. The van der Waals surface area contributed by atoms with E-state index in [-0.39, 0.29) is 0 Å². The molecule has 2 rings (SSSR count). The second kappa shape index (κ2) is 7.37. The lowest BCUT2D eigenvalue weighted by molar-refractivity contribution is 0.154. The molecule has 1 aromatic heterocycles. The van der Waals surface area contributed by atoms with E-state index in [0.717, 1.165) is 31.0 Å². The maximum Gasteiger partial charge on any atom is 0.123 e. The van der Waals surface area contributed by atoms with Gasteiger partial charge in [0.05, 0.1) is 11.8 Å². The number of hydrogen-bond acceptors (Lipinski definition) is 3. The summed E-state index contributed by atoms with van der Waals surface area (Å²) >= 11 is 0. The molecule has 1 aliphatic rings. The van der Waals surface area contributed by atoms with Gasteiger partial charge >= 0.3 is 0 Å². The van der Waals surface area contributed by atoms with Crippen LogP contribution in [0, 0.1) is 0 Å². The monoisotopic (exact) mass is 248 g/mol. The molecule has 0 bridgehead atoms. The average molecular weight is 248 g/mol. The van der Waals surface area contributed by atoms with Gasteiger partial charge in [0.25, 0.3) is 0 Å². The smallest absolute Gasteiger partial charge is 0.123 e. The summed E-state index contributed by atoms with van der Waals surface area (Å²) in [6.45, 7) is 4.04. The van der Waals surface area contributed by atoms with Gasteiger partial charge in [-0.25, -0.2) is 0 Å². The predicted octanol–water partition coefficient (Wildman–Crippen LogP) is 3.29. The van der Waals surface area contributed by atoms with Crippen molar-refractivity contribution in [2.24, 2.45) is 0 Å². The molecule has 1 heterocycles. The van der Waals surface area contributed by atoms with E-state index in [1.165, 1.54) is 32.1 Å². The van der Waals surface area contributed by atoms with Crippen LogP contribution in [0.25, 0.3) is 0 Å². The Hall–Kier alpha value is -1.09. The SMILES string of the molecule is CCCNCc1cc(OC2CCCCC2)ccn1. The molecule has 3 heteroatoms. The number of aromatic nitrogens is 1. The minimum absolute atomic E-state index is 0.414. The molecular weight excluding hydrogens is 224 g/mol. The van der Waals surface area contributed by atoms with Crippen LogP contribution in [-0.4, -0.2) is 17.6 Å². The highest BCUT2D eigenvalue weighted by molar-refractivity contribution is 5.22. The van der Waals surface area contributed by atoms with Crippen molar-refractivity contribution >= 4 is 0 Å². The van der Waals surface area contributed by atoms with Crippen LogP contribution >= 0.6 is 0 Å². The van der Waals surface area contributed by atoms with Crippen molar-refractivity contribution in [2.45, 2.75) is 58.1 Å². The minimum Gasteiger partial charge on any atom is -0.490 e. The van der Waals surface area contributed by atoms with Gasteiger partial charge in [0.2, 0.25) is 0 Å². The van der Waals surface area contributed by atoms with Gasteiger partial charge in [-0.05, 0) is 44.7 Å². The molecule has 1 N–H and O–H groups in total. The maximum atomic E-state index is 6.03. The zero-order valence-electron chi connectivity index (χ0n) is 11.3. The van der Waals surface area contributed by atoms with Crippen LogP contribution in [0.1, 0.15) is 51.1 Å². The lowest BCUT2D eigenvalue weighted by Crippen LogP contribution is -2.20. The van der Waals surface area contributed by atoms with Gasteiger partial charge in [-0.2, -0.15) is 0 Å². The molecule has 0 atom stereocenters. The van der Waals surface area contributed by atoms with Gasteiger partial charge in [0, 0.05) is 18.8 Å². The van der Waals surface area contributed by atoms with Crippen molar-refractivity contribution in [3.63, 3.8) is 0 Å². The van der Waals surface area contributed by atoms with Crippen molar-refractivity contribution in [1.29, 1.82) is 0 Å². The number of nitrogens with zero attached hydrogens (tertiary/aromatic N) is 1. The molecule has 1 aliphatic carbocycles. The van der Waals surface area contributed by atoms with E-state index in [1.807, 2.05) is 12.3 Å². The normalized spacial score (nSPS) is 16.7. The van der Waals surface area contributed by atoms with E-state index in [2.05, 4.69) is 23.3 Å². The van der Waals surface area contributed by atoms with Crippen molar-refractivity contribution in [3.05, 3.63) is 24.0 Å². The highest BCUT2D eigenvalue weighted by Crippen LogP contribution is 2.23. The first kappa shape index (κ1) is 13.3. The van der Waals surface area contributed by atoms with E-state index in [0.29, 0.717) is 6.10 Å². The molecule has 0 amide bonds. The Labute approximate surface area is 110 Å². The summed E-state index contributed by atoms with van der Waals surface area (Å²) in [4.78, 5) is 4.36. The van der Waals surface area contributed by atoms with Crippen LogP contribution in [0.5, 0.6) is 5.75 Å². The fourth-order valence-corrected chi connectivity index (χ4v) is 2.39. The Balaban J connectivity index is 1.85. The Morgan fingerprint density at radius 1 is 1.33 bits per heavy atom. The third-order valence-electron chi connectivity index (χ3n) is 3.38. The summed E-state index contributed by atoms with van der Waals surface area (Å²) < 4.78 is 6.03. The molecule has 0 unspecified atom stereocenters. The lowest BCUT2D eigenvalue weighted by atomic mass is 9.98. The van der Waals surface area contributed by atoms with Gasteiger partial charge in [-0.1, -0.05) is 13.3 Å². The molecule has 0 spiro atoms. The molecule has 1 aromatic rings. The summed E-state index contributed by atoms with van der Waals surface area (Å²) in [5.41, 5.74) is 1.07. The fraction of sp³-hybridized carbons (Fsp3) is 0.667. The molecule has 100 valence electrons. The number of pyridine rings is 1. The largest absolute Gasteiger partial charge is 0.490 e. The molecule has 0 radical (unpaired) electrons. The van der Waals surface area contributed by atoms with E-state index in [4.69, 9.17) is 4.74 Å². The number of nitrogens with one attached hydrogen (secondary N) is 1. The van der Waals surface area contributed by atoms with Gasteiger partial charge in [-0.3, -0.25) is 4.98 Å². The zero-order chi connectivity index (χ0) is 12.6. The van der Waals surface area contributed by atoms with Crippen molar-refractivity contribution in [2.75, 3.05) is 6.54 Å². The molecule has 0 saturated heterocycles. The van der Waals surface area contributed by atoms with Crippen LogP contribution in [0.4, 0.5) is 0 Å². The molecule has 0 aromatic carbocycles. The summed E-state index contributed by atoms with van der Waals surface area (Å²) in [5.74, 6) is 0.977. The van der Waals surface area contributed by atoms with Gasteiger partial charge in [-0.15, -0.1) is 0 Å². The fourth-order valence-electron chi connectivity index (χ4n) is 2.39. The van der Waals surface area contributed by atoms with Crippen molar-refractivity contribution in [3.8, 4) is 5.75 Å².